The van der Waals surface area contributed by atoms with Crippen LogP contribution in [0.1, 0.15) is 98.1 Å². The molecule has 0 bridgehead atoms. The van der Waals surface area contributed by atoms with E-state index < -0.39 is 84.6 Å². The third-order valence-corrected chi connectivity index (χ3v) is 13.6. The molecule has 28 heteroatoms. The number of carbonyl (C=O) groups is 3. The standard InChI is InChI=1S/C36H62N7O17P3S/c1-24(2)14-12-10-8-6-5-7-9-11-13-15-27(45)64-19-18-38-26(44)16-17-39-34(48)31(47)36(3,4)21-57-63(54,55)60-62(52,53)56-20-25-30(59-61(49,50)51)29(46)35(58-25)43-23-42-28-32(37)40-22-41-33(28)43/h13,15,22-25,29-31,35,46-47H,5-12,14,16-21H2,1-4H3,(H,38,44)(H,39,48)(H,52,53)(H,54,55)(H2,37,40,41)(H2,49,50,51)/b15-13+/t25-,29-,30-,31+,35-/m0/s1. The second kappa shape index (κ2) is 26.0. The number of thioether (sulfide) groups is 1. The van der Waals surface area contributed by atoms with Crippen LogP contribution in [0, 0.1) is 11.3 Å². The summed E-state index contributed by atoms with van der Waals surface area (Å²) in [5.74, 6) is -0.341. The number of allylic oxidation sites excluding steroid dienone is 1. The van der Waals surface area contributed by atoms with Crippen LogP contribution >= 0.6 is 35.2 Å². The molecule has 2 amide bonds. The van der Waals surface area contributed by atoms with Crippen molar-refractivity contribution in [3.8, 4) is 0 Å². The zero-order valence-electron chi connectivity index (χ0n) is 36.2. The number of aliphatic hydroxyl groups excluding tert-OH is 2. The third kappa shape index (κ3) is 19.6. The Kier molecular flexibility index (Phi) is 22.6. The Morgan fingerprint density at radius 3 is 2.30 bits per heavy atom. The van der Waals surface area contributed by atoms with Crippen molar-refractivity contribution in [1.29, 1.82) is 0 Å². The van der Waals surface area contributed by atoms with Gasteiger partial charge >= 0.3 is 23.5 Å². The second-order valence-electron chi connectivity index (χ2n) is 16.1. The van der Waals surface area contributed by atoms with Gasteiger partial charge in [0.15, 0.2) is 17.7 Å². The number of nitrogen functional groups attached to an aromatic ring is 1. The molecule has 1 saturated heterocycles. The molecule has 10 N–H and O–H groups in total. The molecule has 2 unspecified atom stereocenters. The van der Waals surface area contributed by atoms with Crippen LogP contribution < -0.4 is 16.4 Å². The Morgan fingerprint density at radius 2 is 1.62 bits per heavy atom. The fraction of sp³-hybridized carbons (Fsp3) is 0.722. The summed E-state index contributed by atoms with van der Waals surface area (Å²) in [7, 11) is -16.4. The number of nitrogens with zero attached hydrogens (tertiary/aromatic N) is 4. The SMILES string of the molecule is CC(C)CCCCCCCCC/C=C/C(=O)SCCNC(=O)CCNC(=O)[C@@H](O)C(C)(C)COP(=O)(O)OP(=O)(O)OC[C@@H]1O[C@H](n2cnc3c(N)ncnc32)[C@@H](O)[C@H]1OP(=O)(O)O. The molecular formula is C36H62N7O17P3S. The molecule has 24 nitrogen and oxygen atoms in total. The summed E-state index contributed by atoms with van der Waals surface area (Å²) >= 11 is 1.06. The molecule has 64 heavy (non-hydrogen) atoms. The van der Waals surface area contributed by atoms with Crippen molar-refractivity contribution in [2.24, 2.45) is 11.3 Å². The predicted octanol–water partition coefficient (Wildman–Crippen LogP) is 3.39. The average molecular weight is 990 g/mol. The fourth-order valence-electron chi connectivity index (χ4n) is 6.21. The summed E-state index contributed by atoms with van der Waals surface area (Å²) in [6.45, 7) is 5.00. The summed E-state index contributed by atoms with van der Waals surface area (Å²) in [5, 5.41) is 26.4. The number of rotatable bonds is 30. The van der Waals surface area contributed by atoms with Gasteiger partial charge in [-0.15, -0.1) is 0 Å². The van der Waals surface area contributed by atoms with Crippen LogP contribution in [0.15, 0.2) is 24.8 Å². The highest BCUT2D eigenvalue weighted by molar-refractivity contribution is 8.14. The number of nitrogens with two attached hydrogens (primary N) is 1. The van der Waals surface area contributed by atoms with Crippen LogP contribution in [0.2, 0.25) is 0 Å². The van der Waals surface area contributed by atoms with Crippen molar-refractivity contribution in [3.63, 3.8) is 0 Å². The Balaban J connectivity index is 1.35. The second-order valence-corrected chi connectivity index (χ2v) is 21.4. The van der Waals surface area contributed by atoms with Crippen molar-refractivity contribution in [3.05, 3.63) is 24.8 Å². The first-order valence-corrected chi connectivity index (χ1v) is 26.1. The van der Waals surface area contributed by atoms with Crippen LogP contribution in [0.3, 0.4) is 0 Å². The van der Waals surface area contributed by atoms with E-state index >= 15 is 0 Å². The van der Waals surface area contributed by atoms with E-state index in [0.717, 1.165) is 54.2 Å². The lowest BCUT2D eigenvalue weighted by atomic mass is 9.87. The fourth-order valence-corrected chi connectivity index (χ4v) is 9.63. The molecule has 2 aromatic heterocycles. The topological polar surface area (TPSA) is 364 Å². The summed E-state index contributed by atoms with van der Waals surface area (Å²) in [4.78, 5) is 88.1. The van der Waals surface area contributed by atoms with Gasteiger partial charge in [-0.25, -0.2) is 28.6 Å². The number of ether oxygens (including phenoxy) is 1. The molecule has 0 saturated carbocycles. The molecule has 1 aliphatic rings. The molecule has 0 spiro atoms. The molecule has 0 radical (unpaired) electrons. The minimum Gasteiger partial charge on any atom is -0.386 e. The number of hydrogen-bond donors (Lipinski definition) is 9. The van der Waals surface area contributed by atoms with Crippen molar-refractivity contribution in [2.75, 3.05) is 37.8 Å². The van der Waals surface area contributed by atoms with Crippen LogP contribution in [-0.4, -0.2) is 123 Å². The minimum atomic E-state index is -5.58. The van der Waals surface area contributed by atoms with E-state index in [4.69, 9.17) is 19.5 Å². The highest BCUT2D eigenvalue weighted by atomic mass is 32.2. The lowest BCUT2D eigenvalue weighted by Gasteiger charge is -2.30. The van der Waals surface area contributed by atoms with Gasteiger partial charge in [0.1, 0.15) is 36.3 Å². The van der Waals surface area contributed by atoms with Crippen LogP contribution in [0.25, 0.3) is 11.2 Å². The van der Waals surface area contributed by atoms with Gasteiger partial charge in [-0.1, -0.05) is 90.5 Å². The highest BCUT2D eigenvalue weighted by Crippen LogP contribution is 2.61. The van der Waals surface area contributed by atoms with Crippen LogP contribution in [0.5, 0.6) is 0 Å². The number of phosphoric acid groups is 3. The number of aliphatic hydroxyl groups is 2. The van der Waals surface area contributed by atoms with E-state index in [0.29, 0.717) is 5.75 Å². The number of fused-ring (bicyclic) bond motifs is 1. The number of aromatic nitrogens is 4. The molecule has 3 rings (SSSR count). The molecule has 2 aromatic rings. The summed E-state index contributed by atoms with van der Waals surface area (Å²) in [6.07, 6.45) is 7.06. The van der Waals surface area contributed by atoms with Gasteiger partial charge in [0.25, 0.3) is 0 Å². The van der Waals surface area contributed by atoms with Crippen molar-refractivity contribution in [1.82, 2.24) is 30.2 Å². The molecule has 1 aliphatic heterocycles. The van der Waals surface area contributed by atoms with Crippen molar-refractivity contribution >= 4 is 69.1 Å². The van der Waals surface area contributed by atoms with Crippen LogP contribution in [-0.2, 0) is 50.7 Å². The lowest BCUT2D eigenvalue weighted by Crippen LogP contribution is -2.46. The summed E-state index contributed by atoms with van der Waals surface area (Å²) in [6, 6.07) is 0. The van der Waals surface area contributed by atoms with Crippen molar-refractivity contribution in [2.45, 2.75) is 123 Å². The smallest absolute Gasteiger partial charge is 0.386 e. The Hall–Kier alpha value is -2.70. The number of unbranched alkanes of at least 4 members (excludes halogenated alkanes) is 7. The van der Waals surface area contributed by atoms with Gasteiger partial charge < -0.3 is 50.9 Å². The Labute approximate surface area is 375 Å². The summed E-state index contributed by atoms with van der Waals surface area (Å²) < 4.78 is 62.3. The number of anilines is 1. The average Bonchev–Trinajstić information content (AvgIpc) is 3.76. The maximum atomic E-state index is 12.7. The monoisotopic (exact) mass is 989 g/mol. The number of amides is 2. The highest BCUT2D eigenvalue weighted by Gasteiger charge is 2.50. The summed E-state index contributed by atoms with van der Waals surface area (Å²) in [5.41, 5.74) is 4.28. The van der Waals surface area contributed by atoms with E-state index in [2.05, 4.69) is 48.3 Å². The zero-order chi connectivity index (χ0) is 47.7. The molecule has 3 heterocycles. The number of nitrogens with one attached hydrogen (secondary N) is 2. The molecule has 0 aromatic carbocycles. The van der Waals surface area contributed by atoms with E-state index in [9.17, 15) is 57.9 Å². The van der Waals surface area contributed by atoms with E-state index in [1.54, 1.807) is 6.08 Å². The van der Waals surface area contributed by atoms with E-state index in [1.807, 2.05) is 6.08 Å². The number of carbonyl (C=O) groups excluding carboxylic acids is 3. The lowest BCUT2D eigenvalue weighted by molar-refractivity contribution is -0.137. The minimum absolute atomic E-state index is 0.0319. The van der Waals surface area contributed by atoms with Gasteiger partial charge in [-0.05, 0) is 24.8 Å². The molecule has 7 atom stereocenters. The quantitative estimate of drug-likeness (QED) is 0.0308. The first-order valence-electron chi connectivity index (χ1n) is 20.6. The van der Waals surface area contributed by atoms with Gasteiger partial charge in [0.05, 0.1) is 19.5 Å². The molecule has 0 aliphatic carbocycles. The third-order valence-electron chi connectivity index (χ3n) is 9.65. The van der Waals surface area contributed by atoms with Crippen molar-refractivity contribution < 1.29 is 80.5 Å². The number of imidazole rings is 1. The largest absolute Gasteiger partial charge is 0.481 e. The Bertz CT molecular complexity index is 2000. The maximum absolute atomic E-state index is 12.7. The Morgan fingerprint density at radius 1 is 0.969 bits per heavy atom. The van der Waals surface area contributed by atoms with E-state index in [1.165, 1.54) is 52.4 Å². The zero-order valence-corrected chi connectivity index (χ0v) is 39.7. The van der Waals surface area contributed by atoms with Gasteiger partial charge in [0, 0.05) is 30.7 Å². The molecule has 1 fully saturated rings. The van der Waals surface area contributed by atoms with Gasteiger partial charge in [-0.3, -0.25) is 32.5 Å². The van der Waals surface area contributed by atoms with Gasteiger partial charge in [0.2, 0.25) is 16.9 Å². The maximum Gasteiger partial charge on any atom is 0.481 e. The first-order chi connectivity index (χ1) is 29.9. The van der Waals surface area contributed by atoms with Crippen LogP contribution in [0.4, 0.5) is 5.82 Å². The number of hydrogen-bond acceptors (Lipinski definition) is 18. The predicted molar refractivity (Wildman–Crippen MR) is 233 cm³/mol. The molecule has 364 valence electrons. The number of phosphoric ester groups is 3. The normalized spacial score (nSPS) is 20.7. The molecular weight excluding hydrogens is 927 g/mol. The first kappa shape index (κ1) is 55.6. The van der Waals surface area contributed by atoms with Gasteiger partial charge in [-0.2, -0.15) is 4.31 Å². The van der Waals surface area contributed by atoms with E-state index in [-0.39, 0.29) is 41.6 Å².